The van der Waals surface area contributed by atoms with Crippen molar-refractivity contribution in [3.63, 3.8) is 0 Å². The minimum Gasteiger partial charge on any atom is -0.481 e. The third-order valence-corrected chi connectivity index (χ3v) is 3.20. The Labute approximate surface area is 120 Å². The summed E-state index contributed by atoms with van der Waals surface area (Å²) in [7, 11) is 1.63. The van der Waals surface area contributed by atoms with Crippen LogP contribution in [0.15, 0.2) is 42.6 Å². The van der Waals surface area contributed by atoms with Crippen LogP contribution in [0.1, 0.15) is 18.9 Å². The molecule has 0 atom stereocenters. The van der Waals surface area contributed by atoms with Crippen LogP contribution in [0.2, 0.25) is 0 Å². The van der Waals surface area contributed by atoms with Gasteiger partial charge in [-0.3, -0.25) is 0 Å². The van der Waals surface area contributed by atoms with Crippen molar-refractivity contribution in [2.45, 2.75) is 19.9 Å². The molecule has 0 aliphatic carbocycles. The van der Waals surface area contributed by atoms with E-state index in [-0.39, 0.29) is 0 Å². The molecule has 0 radical (unpaired) electrons. The zero-order valence-electron chi connectivity index (χ0n) is 12.0. The van der Waals surface area contributed by atoms with E-state index < -0.39 is 0 Å². The maximum atomic E-state index is 6.04. The molecule has 1 heterocycles. The zero-order valence-corrected chi connectivity index (χ0v) is 12.0. The number of pyridine rings is 1. The molecule has 0 amide bonds. The molecule has 4 heteroatoms. The van der Waals surface area contributed by atoms with Gasteiger partial charge in [0.1, 0.15) is 0 Å². The summed E-state index contributed by atoms with van der Waals surface area (Å²) in [6.45, 7) is 3.91. The average molecular weight is 271 g/mol. The van der Waals surface area contributed by atoms with E-state index in [0.717, 1.165) is 36.4 Å². The molecule has 2 aromatic rings. The Morgan fingerprint density at radius 2 is 2.05 bits per heavy atom. The lowest BCUT2D eigenvalue weighted by Gasteiger charge is -2.25. The lowest BCUT2D eigenvalue weighted by Crippen LogP contribution is -2.24. The van der Waals surface area contributed by atoms with Gasteiger partial charge in [-0.05, 0) is 24.1 Å². The van der Waals surface area contributed by atoms with Crippen LogP contribution in [-0.4, -0.2) is 18.6 Å². The topological polar surface area (TPSA) is 51.4 Å². The second-order valence-corrected chi connectivity index (χ2v) is 4.68. The summed E-state index contributed by atoms with van der Waals surface area (Å²) < 4.78 is 5.19. The van der Waals surface area contributed by atoms with Gasteiger partial charge >= 0.3 is 0 Å². The van der Waals surface area contributed by atoms with Crippen molar-refractivity contribution in [3.8, 4) is 5.88 Å². The number of methoxy groups -OCH3 is 1. The number of nitrogens with two attached hydrogens (primary N) is 1. The number of anilines is 2. The molecule has 0 unspecified atom stereocenters. The molecule has 0 bridgehead atoms. The highest BCUT2D eigenvalue weighted by Gasteiger charge is 2.09. The SMILES string of the molecule is CCCN(Cc1ccccc1N)c1ccnc(OC)c1. The highest BCUT2D eigenvalue weighted by atomic mass is 16.5. The second-order valence-electron chi connectivity index (χ2n) is 4.68. The largest absolute Gasteiger partial charge is 0.481 e. The average Bonchev–Trinajstić information content (AvgIpc) is 2.49. The third kappa shape index (κ3) is 3.41. The predicted molar refractivity (Wildman–Crippen MR) is 83.0 cm³/mol. The van der Waals surface area contributed by atoms with Crippen molar-refractivity contribution in [1.29, 1.82) is 0 Å². The third-order valence-electron chi connectivity index (χ3n) is 3.20. The molecular weight excluding hydrogens is 250 g/mol. The van der Waals surface area contributed by atoms with Crippen molar-refractivity contribution in [2.75, 3.05) is 24.3 Å². The normalized spacial score (nSPS) is 10.3. The molecule has 106 valence electrons. The highest BCUT2D eigenvalue weighted by molar-refractivity contribution is 5.52. The first-order valence-corrected chi connectivity index (χ1v) is 6.83. The maximum absolute atomic E-state index is 6.04. The number of nitrogen functional groups attached to an aromatic ring is 1. The first kappa shape index (κ1) is 14.2. The van der Waals surface area contributed by atoms with Crippen LogP contribution in [0.3, 0.4) is 0 Å². The summed E-state index contributed by atoms with van der Waals surface area (Å²) in [4.78, 5) is 6.44. The molecule has 2 rings (SSSR count). The molecule has 20 heavy (non-hydrogen) atoms. The van der Waals surface area contributed by atoms with E-state index in [2.05, 4.69) is 22.9 Å². The Kier molecular flexibility index (Phi) is 4.82. The molecule has 0 saturated heterocycles. The number of aromatic nitrogens is 1. The van der Waals surface area contributed by atoms with Crippen molar-refractivity contribution in [2.24, 2.45) is 0 Å². The van der Waals surface area contributed by atoms with E-state index >= 15 is 0 Å². The van der Waals surface area contributed by atoms with E-state index in [9.17, 15) is 0 Å². The lowest BCUT2D eigenvalue weighted by atomic mass is 10.1. The van der Waals surface area contributed by atoms with Crippen LogP contribution in [0, 0.1) is 0 Å². The van der Waals surface area contributed by atoms with Gasteiger partial charge in [-0.2, -0.15) is 0 Å². The van der Waals surface area contributed by atoms with E-state index in [4.69, 9.17) is 10.5 Å². The summed E-state index contributed by atoms with van der Waals surface area (Å²) in [6.07, 6.45) is 2.84. The van der Waals surface area contributed by atoms with Gasteiger partial charge in [0.25, 0.3) is 0 Å². The van der Waals surface area contributed by atoms with Gasteiger partial charge in [-0.1, -0.05) is 25.1 Å². The van der Waals surface area contributed by atoms with E-state index in [1.54, 1.807) is 13.3 Å². The number of hydrogen-bond acceptors (Lipinski definition) is 4. The van der Waals surface area contributed by atoms with Crippen LogP contribution >= 0.6 is 0 Å². The second kappa shape index (κ2) is 6.80. The maximum Gasteiger partial charge on any atom is 0.214 e. The molecule has 0 aliphatic rings. The van der Waals surface area contributed by atoms with Gasteiger partial charge in [0, 0.05) is 36.7 Å². The molecule has 2 N–H and O–H groups in total. The summed E-state index contributed by atoms with van der Waals surface area (Å²) in [5.41, 5.74) is 9.10. The summed E-state index contributed by atoms with van der Waals surface area (Å²) in [5, 5.41) is 0. The number of hydrogen-bond donors (Lipinski definition) is 1. The molecule has 1 aromatic carbocycles. The standard InChI is InChI=1S/C16H21N3O/c1-3-10-19(12-13-6-4-5-7-15(13)17)14-8-9-18-16(11-14)20-2/h4-9,11H,3,10,12,17H2,1-2H3. The van der Waals surface area contributed by atoms with Crippen molar-refractivity contribution < 1.29 is 4.74 Å². The van der Waals surface area contributed by atoms with Crippen LogP contribution in [0.5, 0.6) is 5.88 Å². The van der Waals surface area contributed by atoms with E-state index in [1.807, 2.05) is 30.3 Å². The molecule has 4 nitrogen and oxygen atoms in total. The minimum absolute atomic E-state index is 0.629. The Bertz CT molecular complexity index is 557. The number of para-hydroxylation sites is 1. The smallest absolute Gasteiger partial charge is 0.214 e. The molecular formula is C16H21N3O. The van der Waals surface area contributed by atoms with Gasteiger partial charge in [-0.15, -0.1) is 0 Å². The Balaban J connectivity index is 2.24. The first-order chi connectivity index (χ1) is 9.74. The fourth-order valence-corrected chi connectivity index (χ4v) is 2.16. The van der Waals surface area contributed by atoms with Crippen LogP contribution < -0.4 is 15.4 Å². The van der Waals surface area contributed by atoms with Gasteiger partial charge in [0.15, 0.2) is 0 Å². The van der Waals surface area contributed by atoms with E-state index in [0.29, 0.717) is 5.88 Å². The Morgan fingerprint density at radius 3 is 2.75 bits per heavy atom. The summed E-state index contributed by atoms with van der Waals surface area (Å²) >= 11 is 0. The van der Waals surface area contributed by atoms with Gasteiger partial charge in [0.2, 0.25) is 5.88 Å². The molecule has 0 aliphatic heterocycles. The molecule has 0 fully saturated rings. The Hall–Kier alpha value is -2.23. The van der Waals surface area contributed by atoms with Crippen LogP contribution in [0.25, 0.3) is 0 Å². The number of benzene rings is 1. The monoisotopic (exact) mass is 271 g/mol. The quantitative estimate of drug-likeness (QED) is 0.820. The summed E-state index contributed by atoms with van der Waals surface area (Å²) in [6, 6.07) is 11.9. The van der Waals surface area contributed by atoms with Crippen molar-refractivity contribution in [1.82, 2.24) is 4.98 Å². The number of ether oxygens (including phenoxy) is 1. The van der Waals surface area contributed by atoms with Gasteiger partial charge < -0.3 is 15.4 Å². The first-order valence-electron chi connectivity index (χ1n) is 6.83. The van der Waals surface area contributed by atoms with Crippen molar-refractivity contribution >= 4 is 11.4 Å². The number of nitrogens with zero attached hydrogens (tertiary/aromatic N) is 2. The Morgan fingerprint density at radius 1 is 1.25 bits per heavy atom. The predicted octanol–water partition coefficient (Wildman–Crippen LogP) is 3.09. The number of rotatable bonds is 6. The molecule has 1 aromatic heterocycles. The fraction of sp³-hybridized carbons (Fsp3) is 0.312. The van der Waals surface area contributed by atoms with Crippen molar-refractivity contribution in [3.05, 3.63) is 48.2 Å². The zero-order chi connectivity index (χ0) is 14.4. The fourth-order valence-electron chi connectivity index (χ4n) is 2.16. The van der Waals surface area contributed by atoms with Gasteiger partial charge in [0.05, 0.1) is 7.11 Å². The summed E-state index contributed by atoms with van der Waals surface area (Å²) in [5.74, 6) is 0.629. The molecule has 0 saturated carbocycles. The molecule has 0 spiro atoms. The van der Waals surface area contributed by atoms with Gasteiger partial charge in [-0.25, -0.2) is 4.98 Å². The minimum atomic E-state index is 0.629. The highest BCUT2D eigenvalue weighted by Crippen LogP contribution is 2.22. The lowest BCUT2D eigenvalue weighted by molar-refractivity contribution is 0.398. The van der Waals surface area contributed by atoms with E-state index in [1.165, 1.54) is 0 Å². The van der Waals surface area contributed by atoms with Crippen LogP contribution in [0.4, 0.5) is 11.4 Å². The van der Waals surface area contributed by atoms with Crippen LogP contribution in [-0.2, 0) is 6.54 Å².